The van der Waals surface area contributed by atoms with Crippen molar-refractivity contribution in [2.24, 2.45) is 0 Å². The van der Waals surface area contributed by atoms with E-state index >= 15 is 0 Å². The maximum absolute atomic E-state index is 12.1. The maximum Gasteiger partial charge on any atom is 0.328 e. The van der Waals surface area contributed by atoms with Gasteiger partial charge in [0.2, 0.25) is 11.8 Å². The first-order chi connectivity index (χ1) is 9.58. The van der Waals surface area contributed by atoms with Crippen LogP contribution in [0.15, 0.2) is 35.2 Å². The third kappa shape index (κ3) is 3.51. The Morgan fingerprint density at radius 2 is 2.05 bits per heavy atom. The van der Waals surface area contributed by atoms with E-state index in [-0.39, 0.29) is 30.7 Å². The highest BCUT2D eigenvalue weighted by molar-refractivity contribution is 8.00. The number of carbonyl (C=O) groups excluding carboxylic acids is 2. The summed E-state index contributed by atoms with van der Waals surface area (Å²) < 4.78 is 0. The molecule has 2 rings (SSSR count). The molecule has 0 aromatic heterocycles. The topological polar surface area (TPSA) is 86.7 Å². The zero-order chi connectivity index (χ0) is 14.5. The summed E-state index contributed by atoms with van der Waals surface area (Å²) in [5.41, 5.74) is 0. The highest BCUT2D eigenvalue weighted by Gasteiger charge is 2.34. The van der Waals surface area contributed by atoms with Gasteiger partial charge in [-0.25, -0.2) is 4.79 Å². The van der Waals surface area contributed by atoms with Crippen molar-refractivity contribution < 1.29 is 19.5 Å². The van der Waals surface area contributed by atoms with Gasteiger partial charge in [0.15, 0.2) is 0 Å². The Balaban J connectivity index is 1.98. The molecule has 1 heterocycles. The summed E-state index contributed by atoms with van der Waals surface area (Å²) in [7, 11) is 0. The molecule has 0 radical (unpaired) electrons. The van der Waals surface area contributed by atoms with Crippen LogP contribution in [-0.2, 0) is 14.4 Å². The van der Waals surface area contributed by atoms with Gasteiger partial charge in [-0.1, -0.05) is 18.2 Å². The molecule has 1 aromatic carbocycles. The van der Waals surface area contributed by atoms with Crippen LogP contribution in [0, 0.1) is 0 Å². The molecule has 1 unspecified atom stereocenters. The Hall–Kier alpha value is -2.02. The SMILES string of the molecule is O=C1CN(C(=O)CSc2ccccc2)C(C(=O)O)CN1. The van der Waals surface area contributed by atoms with E-state index in [4.69, 9.17) is 5.11 Å². The molecule has 0 bridgehead atoms. The third-order valence-corrected chi connectivity index (χ3v) is 3.89. The Bertz CT molecular complexity index is 520. The van der Waals surface area contributed by atoms with Crippen molar-refractivity contribution in [2.45, 2.75) is 10.9 Å². The number of thioether (sulfide) groups is 1. The first kappa shape index (κ1) is 14.4. The number of nitrogens with zero attached hydrogens (tertiary/aromatic N) is 1. The summed E-state index contributed by atoms with van der Waals surface area (Å²) in [5, 5.41) is 11.5. The predicted molar refractivity (Wildman–Crippen MR) is 73.3 cm³/mol. The number of piperazine rings is 1. The smallest absolute Gasteiger partial charge is 0.328 e. The normalized spacial score (nSPS) is 18.5. The molecule has 106 valence electrons. The van der Waals surface area contributed by atoms with Crippen LogP contribution < -0.4 is 5.32 Å². The lowest BCUT2D eigenvalue weighted by Crippen LogP contribution is -2.59. The molecule has 6 nitrogen and oxygen atoms in total. The van der Waals surface area contributed by atoms with Crippen LogP contribution in [0.5, 0.6) is 0 Å². The summed E-state index contributed by atoms with van der Waals surface area (Å²) in [4.78, 5) is 36.6. The lowest BCUT2D eigenvalue weighted by Gasteiger charge is -2.32. The van der Waals surface area contributed by atoms with Crippen molar-refractivity contribution in [1.29, 1.82) is 0 Å². The summed E-state index contributed by atoms with van der Waals surface area (Å²) in [6, 6.07) is 8.35. The van der Waals surface area contributed by atoms with Crippen LogP contribution >= 0.6 is 11.8 Å². The number of carbonyl (C=O) groups is 3. The van der Waals surface area contributed by atoms with Gasteiger partial charge >= 0.3 is 5.97 Å². The average Bonchev–Trinajstić information content (AvgIpc) is 2.45. The number of hydrogen-bond acceptors (Lipinski definition) is 4. The van der Waals surface area contributed by atoms with Crippen LogP contribution in [0.25, 0.3) is 0 Å². The van der Waals surface area contributed by atoms with Gasteiger partial charge in [0.25, 0.3) is 0 Å². The van der Waals surface area contributed by atoms with Gasteiger partial charge in [0, 0.05) is 11.4 Å². The Labute approximate surface area is 120 Å². The largest absolute Gasteiger partial charge is 0.480 e. The van der Waals surface area contributed by atoms with Crippen molar-refractivity contribution in [3.8, 4) is 0 Å². The van der Waals surface area contributed by atoms with Crippen molar-refractivity contribution in [2.75, 3.05) is 18.8 Å². The summed E-state index contributed by atoms with van der Waals surface area (Å²) in [6.45, 7) is -0.249. The first-order valence-electron chi connectivity index (χ1n) is 6.05. The van der Waals surface area contributed by atoms with Crippen LogP contribution in [-0.4, -0.2) is 52.7 Å². The highest BCUT2D eigenvalue weighted by Crippen LogP contribution is 2.18. The molecular formula is C13H14N2O4S. The number of carboxylic acids is 1. The number of benzene rings is 1. The van der Waals surface area contributed by atoms with Gasteiger partial charge in [-0.15, -0.1) is 11.8 Å². The highest BCUT2D eigenvalue weighted by atomic mass is 32.2. The average molecular weight is 294 g/mol. The third-order valence-electron chi connectivity index (χ3n) is 2.89. The predicted octanol–water partition coefficient (Wildman–Crippen LogP) is 0.190. The number of aliphatic carboxylic acids is 1. The molecule has 2 N–H and O–H groups in total. The monoisotopic (exact) mass is 294 g/mol. The fourth-order valence-corrected chi connectivity index (χ4v) is 2.67. The van der Waals surface area contributed by atoms with Crippen LogP contribution in [0.4, 0.5) is 0 Å². The van der Waals surface area contributed by atoms with Gasteiger partial charge in [0.1, 0.15) is 12.6 Å². The molecule has 1 saturated heterocycles. The summed E-state index contributed by atoms with van der Waals surface area (Å²) in [6.07, 6.45) is 0. The number of hydrogen-bond donors (Lipinski definition) is 2. The molecule has 1 fully saturated rings. The molecule has 1 atom stereocenters. The zero-order valence-corrected chi connectivity index (χ0v) is 11.4. The van der Waals surface area contributed by atoms with Crippen LogP contribution in [0.3, 0.4) is 0 Å². The summed E-state index contributed by atoms with van der Waals surface area (Å²) >= 11 is 1.32. The van der Waals surface area contributed by atoms with Crippen molar-refractivity contribution >= 4 is 29.5 Å². The van der Waals surface area contributed by atoms with Gasteiger partial charge in [0.05, 0.1) is 5.75 Å². The lowest BCUT2D eigenvalue weighted by atomic mass is 10.2. The van der Waals surface area contributed by atoms with E-state index in [1.807, 2.05) is 30.3 Å². The molecule has 0 spiro atoms. The van der Waals surface area contributed by atoms with E-state index in [0.29, 0.717) is 0 Å². The van der Waals surface area contributed by atoms with Gasteiger partial charge in [-0.05, 0) is 12.1 Å². The molecule has 7 heteroatoms. The van der Waals surface area contributed by atoms with Gasteiger partial charge < -0.3 is 15.3 Å². The molecule has 20 heavy (non-hydrogen) atoms. The van der Waals surface area contributed by atoms with E-state index in [1.54, 1.807) is 0 Å². The van der Waals surface area contributed by atoms with Crippen molar-refractivity contribution in [3.05, 3.63) is 30.3 Å². The zero-order valence-electron chi connectivity index (χ0n) is 10.6. The minimum atomic E-state index is -1.11. The van der Waals surface area contributed by atoms with Crippen LogP contribution in [0.2, 0.25) is 0 Å². The van der Waals surface area contributed by atoms with E-state index < -0.39 is 12.0 Å². The number of nitrogens with one attached hydrogen (secondary N) is 1. The fourth-order valence-electron chi connectivity index (χ4n) is 1.87. The molecular weight excluding hydrogens is 280 g/mol. The Morgan fingerprint density at radius 3 is 2.70 bits per heavy atom. The minimum Gasteiger partial charge on any atom is -0.480 e. The first-order valence-corrected chi connectivity index (χ1v) is 7.03. The maximum atomic E-state index is 12.1. The van der Waals surface area contributed by atoms with Crippen molar-refractivity contribution in [3.63, 3.8) is 0 Å². The van der Waals surface area contributed by atoms with E-state index in [0.717, 1.165) is 9.80 Å². The van der Waals surface area contributed by atoms with Crippen molar-refractivity contribution in [1.82, 2.24) is 10.2 Å². The number of amides is 2. The second-order valence-electron chi connectivity index (χ2n) is 4.28. The minimum absolute atomic E-state index is 0.0457. The quantitative estimate of drug-likeness (QED) is 0.774. The Kier molecular flexibility index (Phi) is 4.62. The fraction of sp³-hybridized carbons (Fsp3) is 0.308. The molecule has 1 aliphatic rings. The van der Waals surface area contributed by atoms with E-state index in [1.165, 1.54) is 11.8 Å². The second-order valence-corrected chi connectivity index (χ2v) is 5.33. The second kappa shape index (κ2) is 6.42. The van der Waals surface area contributed by atoms with E-state index in [2.05, 4.69) is 5.32 Å². The molecule has 1 aliphatic heterocycles. The van der Waals surface area contributed by atoms with Gasteiger partial charge in [-0.2, -0.15) is 0 Å². The molecule has 1 aromatic rings. The summed E-state index contributed by atoms with van der Waals surface area (Å²) in [5.74, 6) is -1.68. The molecule has 2 amide bonds. The molecule has 0 saturated carbocycles. The molecule has 0 aliphatic carbocycles. The van der Waals surface area contributed by atoms with E-state index in [9.17, 15) is 14.4 Å². The number of rotatable bonds is 4. The van der Waals surface area contributed by atoms with Gasteiger partial charge in [-0.3, -0.25) is 9.59 Å². The Morgan fingerprint density at radius 1 is 1.35 bits per heavy atom. The van der Waals surface area contributed by atoms with Crippen LogP contribution in [0.1, 0.15) is 0 Å². The lowest BCUT2D eigenvalue weighted by molar-refractivity contribution is -0.152. The number of carboxylic acid groups (broad SMARTS) is 1. The standard InChI is InChI=1S/C13H14N2O4S/c16-11-7-15(10(6-14-11)13(18)19)12(17)8-20-9-4-2-1-3-5-9/h1-5,10H,6-8H2,(H,14,16)(H,18,19).